The van der Waals surface area contributed by atoms with E-state index in [1.54, 1.807) is 29.4 Å². The van der Waals surface area contributed by atoms with E-state index in [1.807, 2.05) is 18.2 Å². The molecule has 0 spiro atoms. The number of benzene rings is 2. The molecule has 8 nitrogen and oxygen atoms in total. The van der Waals surface area contributed by atoms with Crippen molar-refractivity contribution in [2.75, 3.05) is 33.6 Å². The van der Waals surface area contributed by atoms with Crippen molar-refractivity contribution in [2.24, 2.45) is 0 Å². The Morgan fingerprint density at radius 2 is 1.74 bits per heavy atom. The molecule has 35 heavy (non-hydrogen) atoms. The van der Waals surface area contributed by atoms with Gasteiger partial charge in [-0.05, 0) is 48.0 Å². The van der Waals surface area contributed by atoms with Gasteiger partial charge >= 0.3 is 0 Å². The second kappa shape index (κ2) is 11.5. The Morgan fingerprint density at radius 3 is 2.46 bits per heavy atom. The highest BCUT2D eigenvalue weighted by Gasteiger charge is 2.24. The van der Waals surface area contributed by atoms with Gasteiger partial charge in [0.1, 0.15) is 12.3 Å². The molecule has 0 atom stereocenters. The fourth-order valence-corrected chi connectivity index (χ4v) is 4.19. The second-order valence-electron chi connectivity index (χ2n) is 7.89. The van der Waals surface area contributed by atoms with Crippen LogP contribution in [-0.4, -0.2) is 55.2 Å². The number of carbonyl (C=O) groups excluding carboxylic acids is 2. The number of ether oxygens (including phenoxy) is 3. The molecule has 0 bridgehead atoms. The first-order chi connectivity index (χ1) is 16.9. The van der Waals surface area contributed by atoms with Crippen LogP contribution in [-0.2, 0) is 22.6 Å². The second-order valence-corrected chi connectivity index (χ2v) is 8.77. The minimum Gasteiger partial charge on any atom is -0.467 e. The van der Waals surface area contributed by atoms with Crippen molar-refractivity contribution in [3.8, 4) is 11.5 Å². The van der Waals surface area contributed by atoms with E-state index in [9.17, 15) is 9.59 Å². The normalized spacial score (nSPS) is 12.0. The van der Waals surface area contributed by atoms with Crippen molar-refractivity contribution in [1.29, 1.82) is 0 Å². The van der Waals surface area contributed by atoms with E-state index in [0.29, 0.717) is 32.9 Å². The summed E-state index contributed by atoms with van der Waals surface area (Å²) in [7, 11) is 1.53. The lowest BCUT2D eigenvalue weighted by molar-refractivity contribution is -0.133. The first-order valence-corrected chi connectivity index (χ1v) is 11.6. The first-order valence-electron chi connectivity index (χ1n) is 10.9. The molecule has 4 rings (SSSR count). The molecule has 0 saturated carbocycles. The van der Waals surface area contributed by atoms with Crippen LogP contribution in [0.5, 0.6) is 11.5 Å². The predicted octanol–water partition coefficient (Wildman–Crippen LogP) is 4.63. The zero-order valence-electron chi connectivity index (χ0n) is 19.0. The molecular weight excluding hydrogens is 495 g/mol. The molecular formula is C25H24Cl2N2O6. The molecule has 1 aliphatic heterocycles. The third-order valence-corrected chi connectivity index (χ3v) is 5.81. The number of rotatable bonds is 10. The van der Waals surface area contributed by atoms with Crippen LogP contribution >= 0.6 is 23.2 Å². The summed E-state index contributed by atoms with van der Waals surface area (Å²) in [4.78, 5) is 29.8. The summed E-state index contributed by atoms with van der Waals surface area (Å²) >= 11 is 12.2. The van der Waals surface area contributed by atoms with E-state index in [2.05, 4.69) is 0 Å². The summed E-state index contributed by atoms with van der Waals surface area (Å²) in [5, 5.41) is 0.669. The summed E-state index contributed by atoms with van der Waals surface area (Å²) in [6.07, 6.45) is 1.55. The quantitative estimate of drug-likeness (QED) is 0.389. The SMILES string of the molecule is COCCN(CC(=O)N(Cc1ccc2c(c1)OCO2)Cc1ccco1)C(=O)c1cc(Cl)cc(Cl)c1. The number of methoxy groups -OCH3 is 1. The molecule has 10 heteroatoms. The van der Waals surface area contributed by atoms with E-state index in [0.717, 1.165) is 5.56 Å². The minimum atomic E-state index is -0.374. The van der Waals surface area contributed by atoms with Crippen LogP contribution in [0.4, 0.5) is 0 Å². The monoisotopic (exact) mass is 518 g/mol. The average Bonchev–Trinajstić information content (AvgIpc) is 3.51. The molecule has 0 fully saturated rings. The fraction of sp³-hybridized carbons (Fsp3) is 0.280. The van der Waals surface area contributed by atoms with Crippen molar-refractivity contribution >= 4 is 35.0 Å². The molecule has 0 aliphatic carbocycles. The Bertz CT molecular complexity index is 1160. The maximum absolute atomic E-state index is 13.5. The molecule has 2 amide bonds. The zero-order valence-corrected chi connectivity index (χ0v) is 20.6. The lowest BCUT2D eigenvalue weighted by Gasteiger charge is -2.27. The van der Waals surface area contributed by atoms with Crippen molar-refractivity contribution < 1.29 is 28.2 Å². The summed E-state index contributed by atoms with van der Waals surface area (Å²) in [6, 6.07) is 13.7. The van der Waals surface area contributed by atoms with Gasteiger partial charge in [-0.2, -0.15) is 0 Å². The van der Waals surface area contributed by atoms with E-state index in [-0.39, 0.29) is 51.4 Å². The first kappa shape index (κ1) is 24.9. The predicted molar refractivity (Wildman–Crippen MR) is 130 cm³/mol. The lowest BCUT2D eigenvalue weighted by Crippen LogP contribution is -2.43. The summed E-state index contributed by atoms with van der Waals surface area (Å²) in [6.45, 7) is 0.980. The van der Waals surface area contributed by atoms with Crippen molar-refractivity contribution in [1.82, 2.24) is 9.80 Å². The van der Waals surface area contributed by atoms with Crippen LogP contribution in [0.2, 0.25) is 10.0 Å². The van der Waals surface area contributed by atoms with Crippen molar-refractivity contribution in [3.05, 3.63) is 81.7 Å². The van der Waals surface area contributed by atoms with E-state index >= 15 is 0 Å². The highest BCUT2D eigenvalue weighted by Crippen LogP contribution is 2.33. The summed E-state index contributed by atoms with van der Waals surface area (Å²) in [5.74, 6) is 1.27. The standard InChI is InChI=1S/C25H24Cl2N2O6/c1-32-8-6-28(25(31)18-10-19(26)12-20(27)11-18)15-24(30)29(14-21-3-2-7-33-21)13-17-4-5-22-23(9-17)35-16-34-22/h2-5,7,9-12H,6,8,13-16H2,1H3. The van der Waals surface area contributed by atoms with Crippen LogP contribution in [0.3, 0.4) is 0 Å². The molecule has 2 aromatic carbocycles. The maximum Gasteiger partial charge on any atom is 0.254 e. The van der Waals surface area contributed by atoms with Gasteiger partial charge in [0.25, 0.3) is 5.91 Å². The number of fused-ring (bicyclic) bond motifs is 1. The number of nitrogens with zero attached hydrogens (tertiary/aromatic N) is 2. The average molecular weight is 519 g/mol. The molecule has 3 aromatic rings. The van der Waals surface area contributed by atoms with Gasteiger partial charge in [0.2, 0.25) is 12.7 Å². The van der Waals surface area contributed by atoms with Gasteiger partial charge in [0.15, 0.2) is 11.5 Å². The van der Waals surface area contributed by atoms with Gasteiger partial charge in [-0.3, -0.25) is 9.59 Å². The van der Waals surface area contributed by atoms with Crippen LogP contribution < -0.4 is 9.47 Å². The van der Waals surface area contributed by atoms with Gasteiger partial charge in [0, 0.05) is 35.8 Å². The Hall–Kier alpha value is -3.20. The fourth-order valence-electron chi connectivity index (χ4n) is 3.66. The Labute approximate surface area is 212 Å². The highest BCUT2D eigenvalue weighted by molar-refractivity contribution is 6.35. The number of amides is 2. The maximum atomic E-state index is 13.5. The van der Waals surface area contributed by atoms with E-state index in [4.69, 9.17) is 41.8 Å². The van der Waals surface area contributed by atoms with E-state index < -0.39 is 0 Å². The van der Waals surface area contributed by atoms with Crippen molar-refractivity contribution in [2.45, 2.75) is 13.1 Å². The molecule has 1 aliphatic rings. The Morgan fingerprint density at radius 1 is 0.971 bits per heavy atom. The largest absolute Gasteiger partial charge is 0.467 e. The smallest absolute Gasteiger partial charge is 0.254 e. The zero-order chi connectivity index (χ0) is 24.8. The van der Waals surface area contributed by atoms with Gasteiger partial charge in [-0.25, -0.2) is 0 Å². The number of hydrogen-bond acceptors (Lipinski definition) is 6. The summed E-state index contributed by atoms with van der Waals surface area (Å²) in [5.41, 5.74) is 1.14. The third-order valence-electron chi connectivity index (χ3n) is 5.38. The van der Waals surface area contributed by atoms with Gasteiger partial charge in [-0.15, -0.1) is 0 Å². The molecule has 2 heterocycles. The summed E-state index contributed by atoms with van der Waals surface area (Å²) < 4.78 is 21.5. The van der Waals surface area contributed by atoms with Crippen LogP contribution in [0, 0.1) is 0 Å². The highest BCUT2D eigenvalue weighted by atomic mass is 35.5. The van der Waals surface area contributed by atoms with Crippen LogP contribution in [0.1, 0.15) is 21.7 Å². The molecule has 0 N–H and O–H groups in total. The number of halogens is 2. The molecule has 0 radical (unpaired) electrons. The Kier molecular flexibility index (Phi) is 8.17. The van der Waals surface area contributed by atoms with Gasteiger partial charge < -0.3 is 28.4 Å². The lowest BCUT2D eigenvalue weighted by atomic mass is 10.1. The third kappa shape index (κ3) is 6.48. The molecule has 0 unspecified atom stereocenters. The van der Waals surface area contributed by atoms with E-state index in [1.165, 1.54) is 24.1 Å². The molecule has 184 valence electrons. The topological polar surface area (TPSA) is 81.5 Å². The van der Waals surface area contributed by atoms with Crippen LogP contribution in [0.15, 0.2) is 59.2 Å². The molecule has 0 saturated heterocycles. The van der Waals surface area contributed by atoms with Gasteiger partial charge in [0.05, 0.1) is 19.4 Å². The molecule has 1 aromatic heterocycles. The van der Waals surface area contributed by atoms with Crippen molar-refractivity contribution in [3.63, 3.8) is 0 Å². The Balaban J connectivity index is 1.55. The van der Waals surface area contributed by atoms with Crippen LogP contribution in [0.25, 0.3) is 0 Å². The number of hydrogen-bond donors (Lipinski definition) is 0. The minimum absolute atomic E-state index is 0.165. The van der Waals surface area contributed by atoms with Gasteiger partial charge in [-0.1, -0.05) is 29.3 Å². The number of carbonyl (C=O) groups is 2. The number of furan rings is 1.